The molecule has 0 saturated carbocycles. The molecule has 0 amide bonds. The fraction of sp³-hybridized carbons (Fsp3) is 0. The lowest BCUT2D eigenvalue weighted by molar-refractivity contribution is 0.671. The number of fused-ring (bicyclic) bond motifs is 7. The van der Waals surface area contributed by atoms with Crippen molar-refractivity contribution >= 4 is 43.7 Å². The first-order chi connectivity index (χ1) is 19.8. The Bertz CT molecular complexity index is 2300. The minimum atomic E-state index is 0.410. The van der Waals surface area contributed by atoms with Gasteiger partial charge >= 0.3 is 0 Å². The largest absolute Gasteiger partial charge is 0.454 e. The first-order valence-corrected chi connectivity index (χ1v) is 13.2. The van der Waals surface area contributed by atoms with Gasteiger partial charge < -0.3 is 8.98 Å². The summed E-state index contributed by atoms with van der Waals surface area (Å²) in [5.41, 5.74) is 9.39. The van der Waals surface area contributed by atoms with E-state index in [-0.39, 0.29) is 0 Å². The third-order valence-electron chi connectivity index (χ3n) is 7.64. The molecule has 0 aliphatic carbocycles. The molecule has 4 heteroatoms. The molecule has 0 fully saturated rings. The van der Waals surface area contributed by atoms with Crippen LogP contribution in [-0.4, -0.2) is 9.55 Å². The van der Waals surface area contributed by atoms with Crippen LogP contribution >= 0.6 is 0 Å². The molecule has 0 bridgehead atoms. The monoisotopic (exact) mass is 511 g/mol. The van der Waals surface area contributed by atoms with Gasteiger partial charge in [0.05, 0.1) is 16.7 Å². The summed E-state index contributed by atoms with van der Waals surface area (Å²) in [6, 6.07) is 45.7. The highest BCUT2D eigenvalue weighted by atomic mass is 16.3. The van der Waals surface area contributed by atoms with E-state index < -0.39 is 0 Å². The summed E-state index contributed by atoms with van der Waals surface area (Å²) in [6.45, 7) is 0. The second-order valence-electron chi connectivity index (χ2n) is 9.94. The van der Waals surface area contributed by atoms with Crippen molar-refractivity contribution < 1.29 is 4.42 Å². The van der Waals surface area contributed by atoms with E-state index in [1.165, 1.54) is 5.39 Å². The van der Waals surface area contributed by atoms with Gasteiger partial charge in [-0.2, -0.15) is 5.26 Å². The number of furan rings is 1. The summed E-state index contributed by atoms with van der Waals surface area (Å²) in [4.78, 5) is 4.49. The van der Waals surface area contributed by atoms with Gasteiger partial charge in [0.2, 0.25) is 0 Å². The third kappa shape index (κ3) is 3.35. The normalized spacial score (nSPS) is 11.5. The van der Waals surface area contributed by atoms with Gasteiger partial charge in [0, 0.05) is 32.8 Å². The molecule has 0 aliphatic rings. The molecule has 0 atom stereocenters. The van der Waals surface area contributed by atoms with Crippen LogP contribution in [0.15, 0.2) is 132 Å². The maximum absolute atomic E-state index is 9.30. The number of hydrogen-bond acceptors (Lipinski definition) is 3. The summed E-state index contributed by atoms with van der Waals surface area (Å²) in [7, 11) is 0. The second kappa shape index (κ2) is 8.69. The van der Waals surface area contributed by atoms with E-state index in [9.17, 15) is 5.26 Å². The Morgan fingerprint density at radius 2 is 1.32 bits per heavy atom. The predicted molar refractivity (Wildman–Crippen MR) is 161 cm³/mol. The molecular weight excluding hydrogens is 490 g/mol. The molecular formula is C36H21N3O. The van der Waals surface area contributed by atoms with Gasteiger partial charge in [-0.05, 0) is 59.7 Å². The Hall–Kier alpha value is -5.66. The summed E-state index contributed by atoms with van der Waals surface area (Å²) >= 11 is 0. The Morgan fingerprint density at radius 1 is 0.600 bits per heavy atom. The maximum atomic E-state index is 9.30. The lowest BCUT2D eigenvalue weighted by Crippen LogP contribution is -1.95. The van der Waals surface area contributed by atoms with E-state index in [0.717, 1.165) is 66.4 Å². The number of hydrogen-bond donors (Lipinski definition) is 0. The number of para-hydroxylation sites is 2. The molecule has 5 aromatic carbocycles. The summed E-state index contributed by atoms with van der Waals surface area (Å²) in [5, 5.41) is 13.9. The van der Waals surface area contributed by atoms with Crippen molar-refractivity contribution in [3.63, 3.8) is 0 Å². The molecule has 3 aromatic heterocycles. The molecule has 0 radical (unpaired) electrons. The van der Waals surface area contributed by atoms with Crippen molar-refractivity contribution in [1.82, 2.24) is 9.55 Å². The minimum absolute atomic E-state index is 0.410. The van der Waals surface area contributed by atoms with Crippen LogP contribution in [0.1, 0.15) is 5.69 Å². The molecule has 4 nitrogen and oxygen atoms in total. The van der Waals surface area contributed by atoms with Gasteiger partial charge in [-0.1, -0.05) is 78.9 Å². The highest BCUT2D eigenvalue weighted by Gasteiger charge is 2.19. The van der Waals surface area contributed by atoms with Gasteiger partial charge in [-0.25, -0.2) is 4.98 Å². The lowest BCUT2D eigenvalue weighted by atomic mass is 10.0. The summed E-state index contributed by atoms with van der Waals surface area (Å²) in [5.74, 6) is 0. The van der Waals surface area contributed by atoms with Gasteiger partial charge in [-0.3, -0.25) is 0 Å². The molecule has 0 N–H and O–H groups in total. The standard InChI is InChI=1S/C36H21N3O/c37-22-26-11-7-15-32(38-26)25-10-5-8-23(20-25)24-9-6-12-27(21-24)39-33-16-3-1-13-28(33)30-18-19-31-29-14-2-4-17-34(29)40-36(31)35(30)39/h1-21H. The van der Waals surface area contributed by atoms with Gasteiger partial charge in [0.1, 0.15) is 17.3 Å². The Balaban J connectivity index is 1.36. The Labute approximate surface area is 230 Å². The van der Waals surface area contributed by atoms with Crippen molar-refractivity contribution in [1.29, 1.82) is 5.26 Å². The fourth-order valence-corrected chi connectivity index (χ4v) is 5.84. The van der Waals surface area contributed by atoms with E-state index in [1.807, 2.05) is 36.4 Å². The zero-order chi connectivity index (χ0) is 26.6. The molecule has 0 aliphatic heterocycles. The van der Waals surface area contributed by atoms with Gasteiger partial charge in [-0.15, -0.1) is 0 Å². The second-order valence-corrected chi connectivity index (χ2v) is 9.94. The van der Waals surface area contributed by atoms with E-state index in [1.54, 1.807) is 6.07 Å². The molecule has 0 spiro atoms. The topological polar surface area (TPSA) is 54.8 Å². The van der Waals surface area contributed by atoms with E-state index >= 15 is 0 Å². The van der Waals surface area contributed by atoms with Crippen LogP contribution in [0, 0.1) is 11.3 Å². The van der Waals surface area contributed by atoms with Crippen LogP contribution in [0.5, 0.6) is 0 Å². The number of rotatable bonds is 3. The van der Waals surface area contributed by atoms with Crippen molar-refractivity contribution in [3.8, 4) is 34.1 Å². The van der Waals surface area contributed by atoms with Crippen LogP contribution in [0.4, 0.5) is 0 Å². The zero-order valence-corrected chi connectivity index (χ0v) is 21.4. The summed E-state index contributed by atoms with van der Waals surface area (Å²) < 4.78 is 8.83. The van der Waals surface area contributed by atoms with Gasteiger partial charge in [0.15, 0.2) is 5.58 Å². The highest BCUT2D eigenvalue weighted by Crippen LogP contribution is 2.40. The Morgan fingerprint density at radius 3 is 2.23 bits per heavy atom. The van der Waals surface area contributed by atoms with Crippen molar-refractivity contribution in [2.45, 2.75) is 0 Å². The molecule has 3 heterocycles. The molecule has 40 heavy (non-hydrogen) atoms. The maximum Gasteiger partial charge on any atom is 0.160 e. The average molecular weight is 512 g/mol. The number of nitriles is 1. The highest BCUT2D eigenvalue weighted by molar-refractivity contribution is 6.21. The molecule has 8 aromatic rings. The molecule has 0 saturated heterocycles. The minimum Gasteiger partial charge on any atom is -0.454 e. The predicted octanol–water partition coefficient (Wildman–Crippen LogP) is 9.28. The smallest absolute Gasteiger partial charge is 0.160 e. The first kappa shape index (κ1) is 22.3. The first-order valence-electron chi connectivity index (χ1n) is 13.2. The van der Waals surface area contributed by atoms with Crippen molar-refractivity contribution in [2.75, 3.05) is 0 Å². The molecule has 8 rings (SSSR count). The summed E-state index contributed by atoms with van der Waals surface area (Å²) in [6.07, 6.45) is 0. The SMILES string of the molecule is N#Cc1cccc(-c2cccc(-c3cccc(-n4c5ccccc5c5ccc6c7ccccc7oc6c54)c3)c2)n1. The third-order valence-corrected chi connectivity index (χ3v) is 7.64. The Kier molecular flexibility index (Phi) is 4.85. The van der Waals surface area contributed by atoms with Crippen LogP contribution in [0.3, 0.4) is 0 Å². The number of nitrogens with zero attached hydrogens (tertiary/aromatic N) is 3. The fourth-order valence-electron chi connectivity index (χ4n) is 5.84. The molecule has 186 valence electrons. The number of pyridine rings is 1. The van der Waals surface area contributed by atoms with Crippen LogP contribution < -0.4 is 0 Å². The molecule has 0 unspecified atom stereocenters. The lowest BCUT2D eigenvalue weighted by Gasteiger charge is -2.11. The van der Waals surface area contributed by atoms with Crippen molar-refractivity contribution in [2.24, 2.45) is 0 Å². The van der Waals surface area contributed by atoms with Crippen LogP contribution in [0.25, 0.3) is 71.8 Å². The van der Waals surface area contributed by atoms with E-state index in [0.29, 0.717) is 5.69 Å². The van der Waals surface area contributed by atoms with E-state index in [2.05, 4.69) is 101 Å². The van der Waals surface area contributed by atoms with Crippen molar-refractivity contribution in [3.05, 3.63) is 133 Å². The van der Waals surface area contributed by atoms with Crippen LogP contribution in [-0.2, 0) is 0 Å². The zero-order valence-electron chi connectivity index (χ0n) is 21.4. The van der Waals surface area contributed by atoms with Gasteiger partial charge in [0.25, 0.3) is 0 Å². The quantitative estimate of drug-likeness (QED) is 0.237. The average Bonchev–Trinajstić information content (AvgIpc) is 3.57. The number of benzene rings is 5. The number of aromatic nitrogens is 2. The van der Waals surface area contributed by atoms with E-state index in [4.69, 9.17) is 4.42 Å². The van der Waals surface area contributed by atoms with Crippen LogP contribution in [0.2, 0.25) is 0 Å².